The standard InChI is InChI=1S/C19H14N2O6/c1-25-15-6-11(7-16-17(15)27-10-26-16)5-13(9-20)18(22)21-14-4-2-3-12(8-14)19(23)24/h2-8H,10H2,1H3,(H,21,22)(H,23,24)/b13-5-. The van der Waals surface area contributed by atoms with E-state index in [0.29, 0.717) is 22.8 Å². The molecule has 0 saturated heterocycles. The molecule has 0 spiro atoms. The Morgan fingerprint density at radius 2 is 2.11 bits per heavy atom. The van der Waals surface area contributed by atoms with Crippen LogP contribution in [0.15, 0.2) is 42.0 Å². The summed E-state index contributed by atoms with van der Waals surface area (Å²) in [4.78, 5) is 23.4. The van der Waals surface area contributed by atoms with Crippen molar-refractivity contribution >= 4 is 23.6 Å². The number of anilines is 1. The minimum Gasteiger partial charge on any atom is -0.493 e. The monoisotopic (exact) mass is 366 g/mol. The van der Waals surface area contributed by atoms with E-state index in [2.05, 4.69) is 5.32 Å². The Morgan fingerprint density at radius 3 is 2.81 bits per heavy atom. The van der Waals surface area contributed by atoms with Crippen LogP contribution < -0.4 is 19.5 Å². The highest BCUT2D eigenvalue weighted by Crippen LogP contribution is 2.42. The second-order valence-corrected chi connectivity index (χ2v) is 5.47. The van der Waals surface area contributed by atoms with Crippen LogP contribution in [0.1, 0.15) is 15.9 Å². The fourth-order valence-electron chi connectivity index (χ4n) is 2.48. The Morgan fingerprint density at radius 1 is 1.30 bits per heavy atom. The molecule has 0 aliphatic carbocycles. The number of nitriles is 1. The van der Waals surface area contributed by atoms with Crippen molar-refractivity contribution in [1.82, 2.24) is 0 Å². The maximum atomic E-state index is 12.4. The van der Waals surface area contributed by atoms with Crippen molar-refractivity contribution in [1.29, 1.82) is 5.26 Å². The number of nitrogens with zero attached hydrogens (tertiary/aromatic N) is 1. The van der Waals surface area contributed by atoms with Crippen molar-refractivity contribution in [2.75, 3.05) is 19.2 Å². The third-order valence-corrected chi connectivity index (χ3v) is 3.72. The first-order valence-electron chi connectivity index (χ1n) is 7.76. The van der Waals surface area contributed by atoms with E-state index in [0.717, 1.165) is 0 Å². The van der Waals surface area contributed by atoms with Gasteiger partial charge in [-0.1, -0.05) is 6.07 Å². The van der Waals surface area contributed by atoms with E-state index < -0.39 is 11.9 Å². The number of hydrogen-bond acceptors (Lipinski definition) is 6. The van der Waals surface area contributed by atoms with Crippen LogP contribution in [0, 0.1) is 11.3 Å². The van der Waals surface area contributed by atoms with Gasteiger partial charge in [0, 0.05) is 5.69 Å². The third-order valence-electron chi connectivity index (χ3n) is 3.72. The van der Waals surface area contributed by atoms with Crippen molar-refractivity contribution in [3.05, 3.63) is 53.1 Å². The van der Waals surface area contributed by atoms with E-state index in [1.165, 1.54) is 37.5 Å². The molecule has 0 aromatic heterocycles. The molecule has 1 amide bonds. The van der Waals surface area contributed by atoms with Gasteiger partial charge in [-0.25, -0.2) is 4.79 Å². The third kappa shape index (κ3) is 3.82. The van der Waals surface area contributed by atoms with Gasteiger partial charge in [0.2, 0.25) is 12.5 Å². The maximum Gasteiger partial charge on any atom is 0.335 e. The summed E-state index contributed by atoms with van der Waals surface area (Å²) in [5.41, 5.74) is 0.638. The summed E-state index contributed by atoms with van der Waals surface area (Å²) in [7, 11) is 1.47. The first-order valence-corrected chi connectivity index (χ1v) is 7.76. The fraction of sp³-hybridized carbons (Fsp3) is 0.105. The average Bonchev–Trinajstić information content (AvgIpc) is 3.14. The molecule has 2 aromatic rings. The summed E-state index contributed by atoms with van der Waals surface area (Å²) in [6.45, 7) is 0.0599. The molecular weight excluding hydrogens is 352 g/mol. The Balaban J connectivity index is 1.87. The lowest BCUT2D eigenvalue weighted by Gasteiger charge is -2.07. The lowest BCUT2D eigenvalue weighted by atomic mass is 10.1. The van der Waals surface area contributed by atoms with Gasteiger partial charge in [-0.05, 0) is 42.0 Å². The summed E-state index contributed by atoms with van der Waals surface area (Å²) in [6.07, 6.45) is 1.38. The minimum absolute atomic E-state index is 0.0239. The van der Waals surface area contributed by atoms with Gasteiger partial charge in [0.25, 0.3) is 5.91 Å². The summed E-state index contributed by atoms with van der Waals surface area (Å²) in [5.74, 6) is -0.454. The smallest absolute Gasteiger partial charge is 0.335 e. The molecule has 0 bridgehead atoms. The van der Waals surface area contributed by atoms with Gasteiger partial charge in [-0.3, -0.25) is 4.79 Å². The number of carboxylic acids is 1. The van der Waals surface area contributed by atoms with E-state index in [1.807, 2.05) is 6.07 Å². The largest absolute Gasteiger partial charge is 0.493 e. The quantitative estimate of drug-likeness (QED) is 0.617. The molecule has 3 rings (SSSR count). The van der Waals surface area contributed by atoms with Crippen LogP contribution in [0.2, 0.25) is 0 Å². The number of carbonyl (C=O) groups is 2. The zero-order valence-electron chi connectivity index (χ0n) is 14.2. The van der Waals surface area contributed by atoms with Crippen LogP contribution in [0.5, 0.6) is 17.2 Å². The molecule has 8 heteroatoms. The second-order valence-electron chi connectivity index (χ2n) is 5.47. The molecule has 1 heterocycles. The molecule has 0 radical (unpaired) electrons. The van der Waals surface area contributed by atoms with Gasteiger partial charge in [-0.2, -0.15) is 5.26 Å². The summed E-state index contributed by atoms with van der Waals surface area (Å²) in [6, 6.07) is 10.8. The van der Waals surface area contributed by atoms with E-state index in [9.17, 15) is 14.9 Å². The number of ether oxygens (including phenoxy) is 3. The number of rotatable bonds is 5. The highest BCUT2D eigenvalue weighted by atomic mass is 16.7. The molecule has 0 atom stereocenters. The second kappa shape index (κ2) is 7.49. The molecule has 1 aliphatic rings. The normalized spacial score (nSPS) is 12.2. The predicted molar refractivity (Wildman–Crippen MR) is 94.7 cm³/mol. The number of hydrogen-bond donors (Lipinski definition) is 2. The van der Waals surface area contributed by atoms with Crippen molar-refractivity contribution in [3.8, 4) is 23.3 Å². The zero-order valence-corrected chi connectivity index (χ0v) is 14.2. The Kier molecular flexibility index (Phi) is 4.95. The highest BCUT2D eigenvalue weighted by Gasteiger charge is 2.20. The molecule has 0 saturated carbocycles. The number of carbonyl (C=O) groups excluding carboxylic acids is 1. The lowest BCUT2D eigenvalue weighted by molar-refractivity contribution is -0.112. The molecular formula is C19H14N2O6. The SMILES string of the molecule is COc1cc(/C=C(/C#N)C(=O)Nc2cccc(C(=O)O)c2)cc2c1OCO2. The van der Waals surface area contributed by atoms with Crippen molar-refractivity contribution in [2.45, 2.75) is 0 Å². The van der Waals surface area contributed by atoms with Crippen molar-refractivity contribution in [3.63, 3.8) is 0 Å². The Labute approximate surface area is 154 Å². The molecule has 2 N–H and O–H groups in total. The zero-order chi connectivity index (χ0) is 19.4. The van der Waals surface area contributed by atoms with Crippen LogP contribution in [-0.2, 0) is 4.79 Å². The van der Waals surface area contributed by atoms with Gasteiger partial charge >= 0.3 is 5.97 Å². The molecule has 0 unspecified atom stereocenters. The van der Waals surface area contributed by atoms with Gasteiger partial charge < -0.3 is 24.6 Å². The number of methoxy groups -OCH3 is 1. The highest BCUT2D eigenvalue weighted by molar-refractivity contribution is 6.10. The van der Waals surface area contributed by atoms with E-state index in [1.54, 1.807) is 12.1 Å². The van der Waals surface area contributed by atoms with Crippen LogP contribution in [0.3, 0.4) is 0 Å². The molecule has 27 heavy (non-hydrogen) atoms. The van der Waals surface area contributed by atoms with Crippen LogP contribution in [0.25, 0.3) is 6.08 Å². The van der Waals surface area contributed by atoms with Gasteiger partial charge in [0.05, 0.1) is 12.7 Å². The summed E-state index contributed by atoms with van der Waals surface area (Å²) < 4.78 is 15.9. The number of nitrogens with one attached hydrogen (secondary N) is 1. The molecule has 8 nitrogen and oxygen atoms in total. The number of amides is 1. The number of aromatic carboxylic acids is 1. The van der Waals surface area contributed by atoms with Crippen molar-refractivity contribution < 1.29 is 28.9 Å². The first-order chi connectivity index (χ1) is 13.0. The van der Waals surface area contributed by atoms with E-state index in [4.69, 9.17) is 19.3 Å². The minimum atomic E-state index is -1.12. The maximum absolute atomic E-state index is 12.4. The topological polar surface area (TPSA) is 118 Å². The molecule has 1 aliphatic heterocycles. The number of benzene rings is 2. The first kappa shape index (κ1) is 17.8. The average molecular weight is 366 g/mol. The summed E-state index contributed by atoms with van der Waals surface area (Å²) in [5, 5.41) is 20.9. The predicted octanol–water partition coefficient (Wildman–Crippen LogP) is 2.67. The molecule has 2 aromatic carbocycles. The van der Waals surface area contributed by atoms with Gasteiger partial charge in [0.1, 0.15) is 11.6 Å². The van der Waals surface area contributed by atoms with E-state index >= 15 is 0 Å². The Hall–Kier alpha value is -3.99. The van der Waals surface area contributed by atoms with Gasteiger partial charge in [-0.15, -0.1) is 0 Å². The molecule has 0 fully saturated rings. The molecule has 136 valence electrons. The lowest BCUT2D eigenvalue weighted by Crippen LogP contribution is -2.14. The van der Waals surface area contributed by atoms with Crippen LogP contribution in [0.4, 0.5) is 5.69 Å². The summed E-state index contributed by atoms with van der Waals surface area (Å²) >= 11 is 0. The number of carboxylic acid groups (broad SMARTS) is 1. The fourth-order valence-corrected chi connectivity index (χ4v) is 2.48. The van der Waals surface area contributed by atoms with E-state index in [-0.39, 0.29) is 23.6 Å². The van der Waals surface area contributed by atoms with Crippen LogP contribution >= 0.6 is 0 Å². The number of fused-ring (bicyclic) bond motifs is 1. The van der Waals surface area contributed by atoms with Crippen molar-refractivity contribution in [2.24, 2.45) is 0 Å². The Bertz CT molecular complexity index is 990. The van der Waals surface area contributed by atoms with Gasteiger partial charge in [0.15, 0.2) is 11.5 Å². The van der Waals surface area contributed by atoms with Crippen LogP contribution in [-0.4, -0.2) is 30.9 Å².